The quantitative estimate of drug-likeness (QED) is 0.475. The fourth-order valence-electron chi connectivity index (χ4n) is 2.98. The number of benzene rings is 2. The zero-order valence-corrected chi connectivity index (χ0v) is 17.3. The number of carbonyl (C=O) groups is 3. The van der Waals surface area contributed by atoms with Crippen molar-refractivity contribution >= 4 is 17.8 Å². The average Bonchev–Trinajstić information content (AvgIpc) is 2.73. The molecule has 0 aromatic heterocycles. The second-order valence-electron chi connectivity index (χ2n) is 7.07. The Morgan fingerprint density at radius 1 is 0.875 bits per heavy atom. The lowest BCUT2D eigenvalue weighted by atomic mass is 10.0. The standard InChI is InChI=1S/C22H22F4N2O4/c1-13(29)27-18(11-15-5-9-17(23)10-6-15)20(30)28-19(21(31)32-2)12-14-3-7-16(8-4-14)22(24,25)26/h3-10,18-19H,11-12H2,1-2H3,(H,27,29)(H,28,30)/t18-,19-/m1/s1. The third-order valence-electron chi connectivity index (χ3n) is 4.57. The summed E-state index contributed by atoms with van der Waals surface area (Å²) in [6, 6.07) is 7.21. The van der Waals surface area contributed by atoms with E-state index in [1.807, 2.05) is 0 Å². The van der Waals surface area contributed by atoms with Crippen LogP contribution in [0.3, 0.4) is 0 Å². The van der Waals surface area contributed by atoms with Crippen molar-refractivity contribution in [3.8, 4) is 0 Å². The lowest BCUT2D eigenvalue weighted by Crippen LogP contribution is -2.53. The number of rotatable bonds is 8. The highest BCUT2D eigenvalue weighted by Gasteiger charge is 2.31. The molecule has 0 fully saturated rings. The largest absolute Gasteiger partial charge is 0.467 e. The van der Waals surface area contributed by atoms with Crippen LogP contribution in [-0.2, 0) is 38.1 Å². The molecule has 0 bridgehead atoms. The minimum Gasteiger partial charge on any atom is -0.467 e. The molecule has 6 nitrogen and oxygen atoms in total. The Kier molecular flexibility index (Phi) is 8.34. The summed E-state index contributed by atoms with van der Waals surface area (Å²) < 4.78 is 56.1. The van der Waals surface area contributed by atoms with Gasteiger partial charge >= 0.3 is 12.1 Å². The minimum atomic E-state index is -4.50. The molecule has 0 saturated heterocycles. The molecule has 0 spiro atoms. The maximum atomic E-state index is 13.1. The van der Waals surface area contributed by atoms with Gasteiger partial charge in [-0.15, -0.1) is 0 Å². The lowest BCUT2D eigenvalue weighted by molar-refractivity contribution is -0.145. The summed E-state index contributed by atoms with van der Waals surface area (Å²) in [5.74, 6) is -2.46. The number of methoxy groups -OCH3 is 1. The van der Waals surface area contributed by atoms with Gasteiger partial charge in [-0.1, -0.05) is 24.3 Å². The van der Waals surface area contributed by atoms with Crippen molar-refractivity contribution in [1.29, 1.82) is 0 Å². The predicted octanol–water partition coefficient (Wildman–Crippen LogP) is 2.79. The molecule has 0 aliphatic rings. The van der Waals surface area contributed by atoms with Gasteiger partial charge < -0.3 is 15.4 Å². The van der Waals surface area contributed by atoms with E-state index < -0.39 is 47.4 Å². The van der Waals surface area contributed by atoms with Crippen molar-refractivity contribution < 1.29 is 36.7 Å². The number of hydrogen-bond acceptors (Lipinski definition) is 4. The molecule has 0 saturated carbocycles. The molecule has 2 N–H and O–H groups in total. The highest BCUT2D eigenvalue weighted by molar-refractivity contribution is 5.90. The first-order chi connectivity index (χ1) is 15.0. The van der Waals surface area contributed by atoms with Crippen LogP contribution >= 0.6 is 0 Å². The summed E-state index contributed by atoms with van der Waals surface area (Å²) in [5, 5.41) is 4.94. The van der Waals surface area contributed by atoms with E-state index in [0.29, 0.717) is 11.1 Å². The summed E-state index contributed by atoms with van der Waals surface area (Å²) in [6.45, 7) is 1.21. The van der Waals surface area contributed by atoms with E-state index in [1.54, 1.807) is 0 Å². The zero-order chi connectivity index (χ0) is 23.9. The number of amides is 2. The molecule has 2 aromatic carbocycles. The number of halogens is 4. The van der Waals surface area contributed by atoms with Crippen molar-refractivity contribution in [3.05, 3.63) is 71.0 Å². The smallest absolute Gasteiger partial charge is 0.416 e. The van der Waals surface area contributed by atoms with Crippen LogP contribution in [0.2, 0.25) is 0 Å². The van der Waals surface area contributed by atoms with Gasteiger partial charge in [0, 0.05) is 19.8 Å². The molecule has 0 aliphatic carbocycles. The first kappa shape index (κ1) is 24.8. The van der Waals surface area contributed by atoms with E-state index in [2.05, 4.69) is 10.6 Å². The van der Waals surface area contributed by atoms with E-state index in [-0.39, 0.29) is 12.8 Å². The molecule has 0 unspecified atom stereocenters. The van der Waals surface area contributed by atoms with E-state index in [1.165, 1.54) is 43.3 Å². The minimum absolute atomic E-state index is 0.0276. The third-order valence-corrected chi connectivity index (χ3v) is 4.57. The molecule has 2 aromatic rings. The van der Waals surface area contributed by atoms with Gasteiger partial charge in [-0.2, -0.15) is 13.2 Å². The topological polar surface area (TPSA) is 84.5 Å². The summed E-state index contributed by atoms with van der Waals surface area (Å²) in [5.41, 5.74) is 0.0888. The normalized spacial score (nSPS) is 13.1. The highest BCUT2D eigenvalue weighted by Crippen LogP contribution is 2.29. The van der Waals surface area contributed by atoms with Gasteiger partial charge in [0.15, 0.2) is 0 Å². The Bertz CT molecular complexity index is 944. The van der Waals surface area contributed by atoms with Crippen molar-refractivity contribution in [2.24, 2.45) is 0 Å². The van der Waals surface area contributed by atoms with Crippen molar-refractivity contribution in [2.75, 3.05) is 7.11 Å². The van der Waals surface area contributed by atoms with E-state index >= 15 is 0 Å². The van der Waals surface area contributed by atoms with Gasteiger partial charge in [0.2, 0.25) is 11.8 Å². The monoisotopic (exact) mass is 454 g/mol. The van der Waals surface area contributed by atoms with Gasteiger partial charge in [-0.05, 0) is 35.4 Å². The molecule has 0 heterocycles. The molecule has 0 radical (unpaired) electrons. The molecule has 2 atom stereocenters. The number of carbonyl (C=O) groups excluding carboxylic acids is 3. The summed E-state index contributed by atoms with van der Waals surface area (Å²) >= 11 is 0. The SMILES string of the molecule is COC(=O)[C@@H](Cc1ccc(C(F)(F)F)cc1)NC(=O)[C@@H](Cc1ccc(F)cc1)NC(C)=O. The van der Waals surface area contributed by atoms with Crippen LogP contribution in [0.15, 0.2) is 48.5 Å². The summed E-state index contributed by atoms with van der Waals surface area (Å²) in [7, 11) is 1.11. The number of esters is 1. The Labute approximate surface area is 181 Å². The number of nitrogens with one attached hydrogen (secondary N) is 2. The fraction of sp³-hybridized carbons (Fsp3) is 0.318. The van der Waals surface area contributed by atoms with Crippen LogP contribution in [0.5, 0.6) is 0 Å². The van der Waals surface area contributed by atoms with E-state index in [9.17, 15) is 31.9 Å². The van der Waals surface area contributed by atoms with E-state index in [0.717, 1.165) is 19.2 Å². The second kappa shape index (κ2) is 10.7. The Morgan fingerprint density at radius 3 is 1.84 bits per heavy atom. The van der Waals surface area contributed by atoms with Crippen LogP contribution in [0, 0.1) is 5.82 Å². The summed E-state index contributed by atoms with van der Waals surface area (Å²) in [6.07, 6.45) is -4.60. The van der Waals surface area contributed by atoms with Crippen LogP contribution in [0.4, 0.5) is 17.6 Å². The van der Waals surface area contributed by atoms with E-state index in [4.69, 9.17) is 4.74 Å². The van der Waals surface area contributed by atoms with Gasteiger partial charge in [-0.25, -0.2) is 9.18 Å². The predicted molar refractivity (Wildman–Crippen MR) is 107 cm³/mol. The molecular weight excluding hydrogens is 432 g/mol. The Balaban J connectivity index is 2.17. The molecule has 2 amide bonds. The Hall–Kier alpha value is -3.43. The number of hydrogen-bond donors (Lipinski definition) is 2. The molecule has 2 rings (SSSR count). The maximum absolute atomic E-state index is 13.1. The average molecular weight is 454 g/mol. The molecular formula is C22H22F4N2O4. The molecule has 0 aliphatic heterocycles. The second-order valence-corrected chi connectivity index (χ2v) is 7.07. The van der Waals surface area contributed by atoms with Gasteiger partial charge in [0.25, 0.3) is 0 Å². The number of ether oxygens (including phenoxy) is 1. The Morgan fingerprint density at radius 2 is 1.38 bits per heavy atom. The zero-order valence-electron chi connectivity index (χ0n) is 17.3. The van der Waals surface area contributed by atoms with Crippen molar-refractivity contribution in [2.45, 2.75) is 38.0 Å². The lowest BCUT2D eigenvalue weighted by Gasteiger charge is -2.22. The van der Waals surface area contributed by atoms with Crippen LogP contribution in [0.25, 0.3) is 0 Å². The maximum Gasteiger partial charge on any atom is 0.416 e. The molecule has 172 valence electrons. The summed E-state index contributed by atoms with van der Waals surface area (Å²) in [4.78, 5) is 36.5. The van der Waals surface area contributed by atoms with Crippen LogP contribution in [0.1, 0.15) is 23.6 Å². The first-order valence-corrected chi connectivity index (χ1v) is 9.55. The molecule has 32 heavy (non-hydrogen) atoms. The third kappa shape index (κ3) is 7.36. The van der Waals surface area contributed by atoms with Crippen LogP contribution in [-0.4, -0.2) is 37.0 Å². The first-order valence-electron chi connectivity index (χ1n) is 9.55. The van der Waals surface area contributed by atoms with Gasteiger partial charge in [-0.3, -0.25) is 9.59 Å². The number of alkyl halides is 3. The van der Waals surface area contributed by atoms with Crippen LogP contribution < -0.4 is 10.6 Å². The molecule has 10 heteroatoms. The van der Waals surface area contributed by atoms with Crippen molar-refractivity contribution in [3.63, 3.8) is 0 Å². The van der Waals surface area contributed by atoms with Gasteiger partial charge in [0.1, 0.15) is 17.9 Å². The van der Waals surface area contributed by atoms with Crippen molar-refractivity contribution in [1.82, 2.24) is 10.6 Å². The fourth-order valence-corrected chi connectivity index (χ4v) is 2.98. The van der Waals surface area contributed by atoms with Gasteiger partial charge in [0.05, 0.1) is 12.7 Å². The highest BCUT2D eigenvalue weighted by atomic mass is 19.4.